The Labute approximate surface area is 121 Å². The lowest BCUT2D eigenvalue weighted by Crippen LogP contribution is -2.35. The van der Waals surface area contributed by atoms with Crippen LogP contribution in [0.15, 0.2) is 35.1 Å². The average Bonchev–Trinajstić information content (AvgIpc) is 2.99. The zero-order chi connectivity index (χ0) is 14.7. The number of carboxylic acid groups (broad SMARTS) is 1. The van der Waals surface area contributed by atoms with E-state index in [0.29, 0.717) is 5.56 Å². The van der Waals surface area contributed by atoms with Crippen LogP contribution >= 0.6 is 0 Å². The quantitative estimate of drug-likeness (QED) is 0.925. The first-order valence-corrected chi connectivity index (χ1v) is 6.81. The van der Waals surface area contributed by atoms with Crippen molar-refractivity contribution in [1.82, 2.24) is 10.1 Å². The molecule has 0 bridgehead atoms. The maximum absolute atomic E-state index is 11.0. The summed E-state index contributed by atoms with van der Waals surface area (Å²) in [6.45, 7) is 4.31. The Morgan fingerprint density at radius 2 is 1.95 bits per heavy atom. The summed E-state index contributed by atoms with van der Waals surface area (Å²) in [7, 11) is 0. The third kappa shape index (κ3) is 3.12. The van der Waals surface area contributed by atoms with Crippen LogP contribution < -0.4 is 0 Å². The second-order valence-electron chi connectivity index (χ2n) is 4.97. The fourth-order valence-corrected chi connectivity index (χ4v) is 2.40. The number of ether oxygens (including phenoxy) is 1. The molecule has 0 saturated carbocycles. The Hall–Kier alpha value is -2.18. The van der Waals surface area contributed by atoms with E-state index >= 15 is 0 Å². The van der Waals surface area contributed by atoms with E-state index in [9.17, 15) is 4.79 Å². The van der Waals surface area contributed by atoms with Crippen LogP contribution in [-0.4, -0.2) is 47.4 Å². The number of morpholine rings is 1. The number of aromatic nitrogens is 1. The summed E-state index contributed by atoms with van der Waals surface area (Å²) < 4.78 is 10.1. The highest BCUT2D eigenvalue weighted by Crippen LogP contribution is 2.23. The van der Waals surface area contributed by atoms with Gasteiger partial charge in [0.05, 0.1) is 18.8 Å². The van der Waals surface area contributed by atoms with Gasteiger partial charge in [0.25, 0.3) is 0 Å². The molecule has 2 heterocycles. The minimum Gasteiger partial charge on any atom is -0.476 e. The fourth-order valence-electron chi connectivity index (χ4n) is 2.40. The van der Waals surface area contributed by atoms with Gasteiger partial charge in [0.15, 0.2) is 5.69 Å². The van der Waals surface area contributed by atoms with E-state index in [2.05, 4.69) is 10.1 Å². The van der Waals surface area contributed by atoms with Crippen molar-refractivity contribution in [2.24, 2.45) is 0 Å². The lowest BCUT2D eigenvalue weighted by molar-refractivity contribution is 0.0342. The van der Waals surface area contributed by atoms with Gasteiger partial charge < -0.3 is 14.4 Å². The van der Waals surface area contributed by atoms with Crippen LogP contribution in [0.3, 0.4) is 0 Å². The normalized spacial score (nSPS) is 16.0. The molecular formula is C15H16N2O4. The highest BCUT2D eigenvalue weighted by molar-refractivity contribution is 5.93. The Morgan fingerprint density at radius 1 is 1.24 bits per heavy atom. The molecule has 3 rings (SSSR count). The Kier molecular flexibility index (Phi) is 3.98. The lowest BCUT2D eigenvalue weighted by Gasteiger charge is -2.26. The molecule has 0 radical (unpaired) electrons. The van der Waals surface area contributed by atoms with Crippen LogP contribution in [0.4, 0.5) is 0 Å². The number of aromatic carboxylic acids is 1. The maximum atomic E-state index is 11.0. The molecule has 1 fully saturated rings. The molecule has 1 aromatic heterocycles. The molecule has 1 aromatic carbocycles. The van der Waals surface area contributed by atoms with Crippen molar-refractivity contribution in [3.63, 3.8) is 0 Å². The second kappa shape index (κ2) is 6.07. The van der Waals surface area contributed by atoms with Gasteiger partial charge in [-0.3, -0.25) is 4.90 Å². The number of benzene rings is 1. The Morgan fingerprint density at radius 3 is 2.62 bits per heavy atom. The standard InChI is InChI=1S/C15H16N2O4/c18-15(19)14-13(10-21-16-14)12-3-1-11(2-4-12)9-17-5-7-20-8-6-17/h1-4,10H,5-9H2,(H,18,19). The van der Waals surface area contributed by atoms with Crippen molar-refractivity contribution in [3.05, 3.63) is 41.8 Å². The molecular weight excluding hydrogens is 272 g/mol. The van der Waals surface area contributed by atoms with Crippen molar-refractivity contribution < 1.29 is 19.2 Å². The Balaban J connectivity index is 1.74. The molecule has 0 unspecified atom stereocenters. The van der Waals surface area contributed by atoms with Crippen LogP contribution in [0.1, 0.15) is 16.1 Å². The van der Waals surface area contributed by atoms with Crippen molar-refractivity contribution in [2.75, 3.05) is 26.3 Å². The maximum Gasteiger partial charge on any atom is 0.358 e. The molecule has 6 heteroatoms. The molecule has 0 spiro atoms. The van der Waals surface area contributed by atoms with E-state index < -0.39 is 5.97 Å². The van der Waals surface area contributed by atoms with Gasteiger partial charge in [0, 0.05) is 19.6 Å². The summed E-state index contributed by atoms with van der Waals surface area (Å²) >= 11 is 0. The summed E-state index contributed by atoms with van der Waals surface area (Å²) in [5.41, 5.74) is 2.42. The van der Waals surface area contributed by atoms with Crippen molar-refractivity contribution >= 4 is 5.97 Å². The van der Waals surface area contributed by atoms with Crippen molar-refractivity contribution in [1.29, 1.82) is 0 Å². The molecule has 0 atom stereocenters. The molecule has 21 heavy (non-hydrogen) atoms. The summed E-state index contributed by atoms with van der Waals surface area (Å²) in [5, 5.41) is 12.6. The van der Waals surface area contributed by atoms with Gasteiger partial charge in [-0.1, -0.05) is 29.4 Å². The van der Waals surface area contributed by atoms with Crippen LogP contribution in [-0.2, 0) is 11.3 Å². The monoisotopic (exact) mass is 288 g/mol. The smallest absolute Gasteiger partial charge is 0.358 e. The number of rotatable bonds is 4. The van der Waals surface area contributed by atoms with Gasteiger partial charge in [-0.25, -0.2) is 4.79 Å². The molecule has 1 aliphatic rings. The van der Waals surface area contributed by atoms with E-state index in [1.54, 1.807) is 0 Å². The molecule has 0 amide bonds. The predicted octanol–water partition coefficient (Wildman–Crippen LogP) is 1.87. The van der Waals surface area contributed by atoms with E-state index in [1.165, 1.54) is 11.8 Å². The van der Waals surface area contributed by atoms with Crippen molar-refractivity contribution in [3.8, 4) is 11.1 Å². The molecule has 1 aliphatic heterocycles. The van der Waals surface area contributed by atoms with Gasteiger partial charge in [0.1, 0.15) is 6.26 Å². The number of carbonyl (C=O) groups is 1. The fraction of sp³-hybridized carbons (Fsp3) is 0.333. The molecule has 1 saturated heterocycles. The number of carboxylic acids is 1. The largest absolute Gasteiger partial charge is 0.476 e. The van der Waals surface area contributed by atoms with E-state index in [-0.39, 0.29) is 5.69 Å². The molecule has 1 N–H and O–H groups in total. The first-order valence-electron chi connectivity index (χ1n) is 6.81. The number of hydrogen-bond donors (Lipinski definition) is 1. The molecule has 110 valence electrons. The Bertz CT molecular complexity index is 615. The van der Waals surface area contributed by atoms with E-state index in [4.69, 9.17) is 14.4 Å². The average molecular weight is 288 g/mol. The highest BCUT2D eigenvalue weighted by Gasteiger charge is 2.17. The van der Waals surface area contributed by atoms with E-state index in [1.807, 2.05) is 24.3 Å². The first-order chi connectivity index (χ1) is 10.2. The molecule has 6 nitrogen and oxygen atoms in total. The SMILES string of the molecule is O=C(O)c1nocc1-c1ccc(CN2CCOCC2)cc1. The van der Waals surface area contributed by atoms with Crippen LogP contribution in [0.5, 0.6) is 0 Å². The summed E-state index contributed by atoms with van der Waals surface area (Å²) in [6.07, 6.45) is 1.36. The first kappa shape index (κ1) is 13.8. The summed E-state index contributed by atoms with van der Waals surface area (Å²) in [5.74, 6) is -1.09. The van der Waals surface area contributed by atoms with Gasteiger partial charge in [-0.2, -0.15) is 0 Å². The van der Waals surface area contributed by atoms with Gasteiger partial charge in [0.2, 0.25) is 0 Å². The van der Waals surface area contributed by atoms with Crippen LogP contribution in [0, 0.1) is 0 Å². The third-order valence-corrected chi connectivity index (χ3v) is 3.55. The summed E-state index contributed by atoms with van der Waals surface area (Å²) in [6, 6.07) is 7.80. The van der Waals surface area contributed by atoms with E-state index in [0.717, 1.165) is 38.4 Å². The van der Waals surface area contributed by atoms with Crippen LogP contribution in [0.2, 0.25) is 0 Å². The lowest BCUT2D eigenvalue weighted by atomic mass is 10.0. The van der Waals surface area contributed by atoms with Crippen LogP contribution in [0.25, 0.3) is 11.1 Å². The third-order valence-electron chi connectivity index (χ3n) is 3.55. The van der Waals surface area contributed by atoms with Gasteiger partial charge in [-0.15, -0.1) is 0 Å². The number of nitrogens with zero attached hydrogens (tertiary/aromatic N) is 2. The summed E-state index contributed by atoms with van der Waals surface area (Å²) in [4.78, 5) is 13.4. The minimum atomic E-state index is -1.09. The van der Waals surface area contributed by atoms with Gasteiger partial charge in [-0.05, 0) is 11.1 Å². The molecule has 0 aliphatic carbocycles. The highest BCUT2D eigenvalue weighted by atomic mass is 16.5. The van der Waals surface area contributed by atoms with Crippen molar-refractivity contribution in [2.45, 2.75) is 6.54 Å². The number of hydrogen-bond acceptors (Lipinski definition) is 5. The minimum absolute atomic E-state index is 0.0593. The predicted molar refractivity (Wildman–Crippen MR) is 75.0 cm³/mol. The molecule has 2 aromatic rings. The second-order valence-corrected chi connectivity index (χ2v) is 4.97. The topological polar surface area (TPSA) is 75.8 Å². The van der Waals surface area contributed by atoms with Gasteiger partial charge >= 0.3 is 5.97 Å². The zero-order valence-corrected chi connectivity index (χ0v) is 11.5. The zero-order valence-electron chi connectivity index (χ0n) is 11.5.